The highest BCUT2D eigenvalue weighted by Crippen LogP contribution is 2.33. The average molecular weight is 319 g/mol. The summed E-state index contributed by atoms with van der Waals surface area (Å²) in [6.45, 7) is 2.82. The molecule has 1 atom stereocenters. The van der Waals surface area contributed by atoms with Crippen molar-refractivity contribution in [1.29, 1.82) is 0 Å². The summed E-state index contributed by atoms with van der Waals surface area (Å²) in [5, 5.41) is 4.64. The Morgan fingerprint density at radius 1 is 1.41 bits per heavy atom. The lowest BCUT2D eigenvalue weighted by Gasteiger charge is -2.24. The van der Waals surface area contributed by atoms with Crippen LogP contribution in [0.5, 0.6) is 0 Å². The van der Waals surface area contributed by atoms with Crippen molar-refractivity contribution in [2.75, 3.05) is 6.54 Å². The molecule has 116 valence electrons. The molecule has 0 spiro atoms. The van der Waals surface area contributed by atoms with Gasteiger partial charge in [-0.1, -0.05) is 35.8 Å². The second-order valence-corrected chi connectivity index (χ2v) is 6.07. The third-order valence-corrected chi connectivity index (χ3v) is 4.29. The van der Waals surface area contributed by atoms with Crippen molar-refractivity contribution < 1.29 is 9.32 Å². The van der Waals surface area contributed by atoms with E-state index in [4.69, 9.17) is 16.1 Å². The lowest BCUT2D eigenvalue weighted by Crippen LogP contribution is -2.30. The summed E-state index contributed by atoms with van der Waals surface area (Å²) in [5.74, 6) is 0.719. The van der Waals surface area contributed by atoms with Crippen molar-refractivity contribution in [1.82, 2.24) is 10.1 Å². The van der Waals surface area contributed by atoms with E-state index in [-0.39, 0.29) is 11.9 Å². The zero-order valence-corrected chi connectivity index (χ0v) is 13.3. The molecule has 1 aromatic carbocycles. The van der Waals surface area contributed by atoms with Gasteiger partial charge >= 0.3 is 0 Å². The van der Waals surface area contributed by atoms with Crippen LogP contribution in [0.4, 0.5) is 0 Å². The molecule has 2 aromatic rings. The number of hydrogen-bond acceptors (Lipinski definition) is 3. The molecule has 0 unspecified atom stereocenters. The Morgan fingerprint density at radius 3 is 2.91 bits per heavy atom. The highest BCUT2D eigenvalue weighted by Gasteiger charge is 2.32. The molecule has 0 bridgehead atoms. The van der Waals surface area contributed by atoms with Gasteiger partial charge in [0.15, 0.2) is 5.69 Å². The maximum atomic E-state index is 12.7. The molecule has 22 heavy (non-hydrogen) atoms. The number of rotatable bonds is 4. The minimum atomic E-state index is -0.0523. The van der Waals surface area contributed by atoms with Gasteiger partial charge < -0.3 is 9.42 Å². The number of aryl methyl sites for hydroxylation is 1. The molecule has 0 saturated carbocycles. The van der Waals surface area contributed by atoms with E-state index < -0.39 is 0 Å². The Kier molecular flexibility index (Phi) is 4.48. The number of hydrogen-bond donors (Lipinski definition) is 0. The van der Waals surface area contributed by atoms with Gasteiger partial charge in [-0.2, -0.15) is 0 Å². The van der Waals surface area contributed by atoms with E-state index in [9.17, 15) is 4.79 Å². The number of aromatic nitrogens is 1. The lowest BCUT2D eigenvalue weighted by atomic mass is 10.0. The van der Waals surface area contributed by atoms with Crippen molar-refractivity contribution in [2.45, 2.75) is 38.6 Å². The van der Waals surface area contributed by atoms with Crippen molar-refractivity contribution in [3.05, 3.63) is 52.4 Å². The van der Waals surface area contributed by atoms with E-state index in [0.717, 1.165) is 43.6 Å². The predicted octanol–water partition coefficient (Wildman–Crippen LogP) is 4.26. The number of halogens is 1. The largest absolute Gasteiger partial charge is 0.361 e. The molecule has 1 aliphatic rings. The number of likely N-dealkylation sites (tertiary alicyclic amines) is 1. The Hall–Kier alpha value is -1.81. The molecule has 1 fully saturated rings. The van der Waals surface area contributed by atoms with Crippen LogP contribution < -0.4 is 0 Å². The van der Waals surface area contributed by atoms with Gasteiger partial charge in [0.1, 0.15) is 5.76 Å². The van der Waals surface area contributed by atoms with Crippen LogP contribution in [-0.4, -0.2) is 22.5 Å². The fourth-order valence-electron chi connectivity index (χ4n) is 2.97. The summed E-state index contributed by atoms with van der Waals surface area (Å²) in [6.07, 6.45) is 3.74. The summed E-state index contributed by atoms with van der Waals surface area (Å²) in [6, 6.07) is 9.58. The lowest BCUT2D eigenvalue weighted by molar-refractivity contribution is 0.0725. The quantitative estimate of drug-likeness (QED) is 0.846. The van der Waals surface area contributed by atoms with Crippen molar-refractivity contribution in [3.63, 3.8) is 0 Å². The van der Waals surface area contributed by atoms with E-state index in [1.807, 2.05) is 29.2 Å². The molecule has 0 N–H and O–H groups in total. The first-order valence-electron chi connectivity index (χ1n) is 7.71. The van der Waals surface area contributed by atoms with Crippen LogP contribution in [0.1, 0.15) is 54.0 Å². The molecule has 2 heterocycles. The molecule has 1 saturated heterocycles. The van der Waals surface area contributed by atoms with Crippen molar-refractivity contribution >= 4 is 17.5 Å². The number of amides is 1. The standard InChI is InChI=1S/C17H19ClN2O2/c1-2-4-14-11-15(19-22-14)17(21)20-10-3-5-16(20)12-6-8-13(18)9-7-12/h6-9,11,16H,2-5,10H2,1H3/t16-/m1/s1. The van der Waals surface area contributed by atoms with Crippen LogP contribution in [0.3, 0.4) is 0 Å². The van der Waals surface area contributed by atoms with Crippen LogP contribution >= 0.6 is 11.6 Å². The molecule has 5 heteroatoms. The summed E-state index contributed by atoms with van der Waals surface area (Å²) >= 11 is 5.94. The first-order chi connectivity index (χ1) is 10.7. The monoisotopic (exact) mass is 318 g/mol. The van der Waals surface area contributed by atoms with E-state index in [0.29, 0.717) is 10.7 Å². The molecule has 1 amide bonds. The zero-order valence-electron chi connectivity index (χ0n) is 12.6. The molecule has 1 aliphatic heterocycles. The average Bonchev–Trinajstić information content (AvgIpc) is 3.17. The van der Waals surface area contributed by atoms with Crippen LogP contribution in [0.2, 0.25) is 5.02 Å². The number of carbonyl (C=O) groups is 1. The predicted molar refractivity (Wildman–Crippen MR) is 85.0 cm³/mol. The minimum absolute atomic E-state index is 0.0523. The smallest absolute Gasteiger partial charge is 0.276 e. The molecule has 0 radical (unpaired) electrons. The van der Waals surface area contributed by atoms with Crippen molar-refractivity contribution in [3.8, 4) is 0 Å². The topological polar surface area (TPSA) is 46.3 Å². The van der Waals surface area contributed by atoms with Crippen molar-refractivity contribution in [2.24, 2.45) is 0 Å². The molecular weight excluding hydrogens is 300 g/mol. The van der Waals surface area contributed by atoms with E-state index in [2.05, 4.69) is 12.1 Å². The second kappa shape index (κ2) is 6.53. The van der Waals surface area contributed by atoms with Gasteiger partial charge in [-0.05, 0) is 37.0 Å². The molecule has 4 nitrogen and oxygen atoms in total. The van der Waals surface area contributed by atoms with Gasteiger partial charge in [0, 0.05) is 24.1 Å². The normalized spacial score (nSPS) is 17.9. The van der Waals surface area contributed by atoms with Crippen LogP contribution in [-0.2, 0) is 6.42 Å². The molecule has 0 aliphatic carbocycles. The molecule has 1 aromatic heterocycles. The van der Waals surface area contributed by atoms with Gasteiger partial charge in [-0.25, -0.2) is 0 Å². The van der Waals surface area contributed by atoms with Gasteiger partial charge in [-0.3, -0.25) is 4.79 Å². The van der Waals surface area contributed by atoms with E-state index in [1.54, 1.807) is 6.07 Å². The minimum Gasteiger partial charge on any atom is -0.361 e. The Bertz CT molecular complexity index is 651. The fraction of sp³-hybridized carbons (Fsp3) is 0.412. The van der Waals surface area contributed by atoms with Gasteiger partial charge in [-0.15, -0.1) is 0 Å². The van der Waals surface area contributed by atoms with Crippen LogP contribution in [0, 0.1) is 0 Å². The Balaban J connectivity index is 1.79. The summed E-state index contributed by atoms with van der Waals surface area (Å²) in [5.41, 5.74) is 1.52. The molecule has 3 rings (SSSR count). The van der Waals surface area contributed by atoms with Crippen LogP contribution in [0.15, 0.2) is 34.9 Å². The summed E-state index contributed by atoms with van der Waals surface area (Å²) in [4.78, 5) is 14.6. The highest BCUT2D eigenvalue weighted by atomic mass is 35.5. The van der Waals surface area contributed by atoms with E-state index in [1.165, 1.54) is 0 Å². The number of carbonyl (C=O) groups excluding carboxylic acids is 1. The third-order valence-electron chi connectivity index (χ3n) is 4.04. The maximum absolute atomic E-state index is 12.7. The number of benzene rings is 1. The Morgan fingerprint density at radius 2 is 2.18 bits per heavy atom. The number of nitrogens with zero attached hydrogens (tertiary/aromatic N) is 2. The van der Waals surface area contributed by atoms with Crippen LogP contribution in [0.25, 0.3) is 0 Å². The zero-order chi connectivity index (χ0) is 15.5. The molecular formula is C17H19ClN2O2. The second-order valence-electron chi connectivity index (χ2n) is 5.64. The Labute approximate surface area is 135 Å². The fourth-order valence-corrected chi connectivity index (χ4v) is 3.09. The van der Waals surface area contributed by atoms with E-state index >= 15 is 0 Å². The maximum Gasteiger partial charge on any atom is 0.276 e. The van der Waals surface area contributed by atoms with Gasteiger partial charge in [0.25, 0.3) is 5.91 Å². The van der Waals surface area contributed by atoms with Gasteiger partial charge in [0.05, 0.1) is 6.04 Å². The summed E-state index contributed by atoms with van der Waals surface area (Å²) in [7, 11) is 0. The van der Waals surface area contributed by atoms with Gasteiger partial charge in [0.2, 0.25) is 0 Å². The highest BCUT2D eigenvalue weighted by molar-refractivity contribution is 6.30. The third kappa shape index (κ3) is 3.02. The SMILES string of the molecule is CCCc1cc(C(=O)N2CCC[C@@H]2c2ccc(Cl)cc2)no1. The summed E-state index contributed by atoms with van der Waals surface area (Å²) < 4.78 is 5.23. The first kappa shape index (κ1) is 15.1. The first-order valence-corrected chi connectivity index (χ1v) is 8.09.